The first-order valence-corrected chi connectivity index (χ1v) is 0. The average Bonchev–Trinajstić information content (AvgIpc) is 0. The third-order valence-corrected chi connectivity index (χ3v) is 0. The molecular weight excluding hydrogens is 441 g/mol. The Labute approximate surface area is 159 Å². The van der Waals surface area contributed by atoms with E-state index in [1.165, 1.54) is 0 Å². The number of hydrogen-bond acceptors (Lipinski definition) is 0. The van der Waals surface area contributed by atoms with Crippen LogP contribution >= 0.6 is 0 Å². The molecule has 0 radical (unpaired) electrons. The van der Waals surface area contributed by atoms with Crippen LogP contribution in [0.1, 0.15) is 0 Å². The van der Waals surface area contributed by atoms with Crippen LogP contribution in [0, 0.1) is 0 Å². The summed E-state index contributed by atoms with van der Waals surface area (Å²) in [6.45, 7) is 0. The fraction of sp³-hybridized carbons (Fsp3) is 0. The SMILES string of the molecule is [Nb+5].[Nb+5].[O-2].[O-2].[O-2].[O-2].[O-2].[SrH2].[SrH2]. The van der Waals surface area contributed by atoms with Gasteiger partial charge in [-0.2, -0.15) is 0 Å². The van der Waals surface area contributed by atoms with Crippen LogP contribution < -0.4 is 0 Å². The minimum absolute atomic E-state index is 0. The van der Waals surface area contributed by atoms with Crippen LogP contribution in [-0.4, -0.2) is 91.0 Å². The molecule has 9 heavy (non-hydrogen) atoms. The van der Waals surface area contributed by atoms with Crippen molar-refractivity contribution in [3.8, 4) is 0 Å². The van der Waals surface area contributed by atoms with Gasteiger partial charge in [-0.15, -0.1) is 0 Å². The number of hydrogen-bond donors (Lipinski definition) is 0. The van der Waals surface area contributed by atoms with Gasteiger partial charge in [0, 0.05) is 0 Å². The zero-order valence-electron chi connectivity index (χ0n) is 2.94. The van der Waals surface area contributed by atoms with Crippen molar-refractivity contribution in [3.05, 3.63) is 0 Å². The molecule has 0 rings (SSSR count). The second-order valence-corrected chi connectivity index (χ2v) is 0. The van der Waals surface area contributed by atoms with Gasteiger partial charge in [0.15, 0.2) is 0 Å². The summed E-state index contributed by atoms with van der Waals surface area (Å²) in [5.41, 5.74) is 0. The molecule has 0 spiro atoms. The Morgan fingerprint density at radius 2 is 0.333 bits per heavy atom. The molecule has 9 heteroatoms. The Morgan fingerprint density at radius 3 is 0.333 bits per heavy atom. The summed E-state index contributed by atoms with van der Waals surface area (Å²) < 4.78 is 0. The fourth-order valence-electron chi connectivity index (χ4n) is 0. The fourth-order valence-corrected chi connectivity index (χ4v) is 0. The van der Waals surface area contributed by atoms with Crippen LogP contribution in [0.3, 0.4) is 0 Å². The van der Waals surface area contributed by atoms with Gasteiger partial charge in [-0.25, -0.2) is 0 Å². The monoisotopic (exact) mass is 446 g/mol. The molecule has 0 saturated carbocycles. The second kappa shape index (κ2) is 86.0. The van der Waals surface area contributed by atoms with Gasteiger partial charge in [0.05, 0.1) is 0 Å². The summed E-state index contributed by atoms with van der Waals surface area (Å²) in [6, 6.07) is 0. The summed E-state index contributed by atoms with van der Waals surface area (Å²) in [4.78, 5) is 0. The van der Waals surface area contributed by atoms with Crippen LogP contribution in [0.15, 0.2) is 0 Å². The molecule has 0 amide bonds. The predicted molar refractivity (Wildman–Crippen MR) is 20.5 cm³/mol. The summed E-state index contributed by atoms with van der Waals surface area (Å²) in [5.74, 6) is 0. The van der Waals surface area contributed by atoms with E-state index in [1.54, 1.807) is 0 Å². The van der Waals surface area contributed by atoms with Crippen molar-refractivity contribution in [2.75, 3.05) is 0 Å². The van der Waals surface area contributed by atoms with Gasteiger partial charge < -0.3 is 27.4 Å². The zero-order valence-corrected chi connectivity index (χ0v) is 7.33. The second-order valence-electron chi connectivity index (χ2n) is 0. The van der Waals surface area contributed by atoms with Crippen molar-refractivity contribution in [3.63, 3.8) is 0 Å². The summed E-state index contributed by atoms with van der Waals surface area (Å²) in [5, 5.41) is 0. The third-order valence-electron chi connectivity index (χ3n) is 0. The minimum atomic E-state index is 0. The first-order chi connectivity index (χ1) is 0. The van der Waals surface area contributed by atoms with E-state index in [-0.39, 0.29) is 163 Å². The number of rotatable bonds is 0. The van der Waals surface area contributed by atoms with Gasteiger partial charge in [0.1, 0.15) is 0 Å². The quantitative estimate of drug-likeness (QED) is 0.366. The molecule has 0 atom stereocenters. The van der Waals surface area contributed by atoms with Crippen molar-refractivity contribution >= 4 is 91.0 Å². The van der Waals surface area contributed by atoms with Crippen molar-refractivity contribution < 1.29 is 72.1 Å². The van der Waals surface area contributed by atoms with E-state index in [0.29, 0.717) is 0 Å². The molecule has 0 aliphatic carbocycles. The van der Waals surface area contributed by atoms with Crippen LogP contribution in [0.2, 0.25) is 0 Å². The molecule has 0 unspecified atom stereocenters. The van der Waals surface area contributed by atoms with Crippen LogP contribution in [0.5, 0.6) is 0 Å². The van der Waals surface area contributed by atoms with Gasteiger partial charge in [0.25, 0.3) is 0 Å². The third kappa shape index (κ3) is 71.4. The van der Waals surface area contributed by atoms with Gasteiger partial charge in [-0.3, -0.25) is 0 Å². The average molecular weight is 445 g/mol. The van der Waals surface area contributed by atoms with Crippen molar-refractivity contribution in [1.29, 1.82) is 0 Å². The van der Waals surface area contributed by atoms with Crippen molar-refractivity contribution in [2.45, 2.75) is 0 Å². The van der Waals surface area contributed by atoms with Crippen LogP contribution in [0.4, 0.5) is 0 Å². The zero-order chi connectivity index (χ0) is 0. The first kappa shape index (κ1) is 110. The molecule has 5 nitrogen and oxygen atoms in total. The molecule has 0 aromatic carbocycles. The molecule has 0 aliphatic rings. The standard InChI is InChI=1S/2Nb.5O.2Sr.4H/q2*+5;5*-2;;;;;;. The Bertz CT molecular complexity index is 12.9. The Kier molecular flexibility index (Phi) is 1050. The summed E-state index contributed by atoms with van der Waals surface area (Å²) >= 11 is 0. The van der Waals surface area contributed by atoms with Crippen LogP contribution in [-0.2, 0) is 72.1 Å². The van der Waals surface area contributed by atoms with E-state index in [0.717, 1.165) is 0 Å². The topological polar surface area (TPSA) is 142 Å². The van der Waals surface area contributed by atoms with E-state index >= 15 is 0 Å². The van der Waals surface area contributed by atoms with Crippen LogP contribution in [0.25, 0.3) is 0 Å². The normalized spacial score (nSPS) is 0. The molecule has 0 heterocycles. The van der Waals surface area contributed by atoms with Gasteiger partial charge >= 0.3 is 136 Å². The van der Waals surface area contributed by atoms with E-state index in [2.05, 4.69) is 0 Å². The maximum absolute atomic E-state index is 0. The Balaban J connectivity index is 0. The summed E-state index contributed by atoms with van der Waals surface area (Å²) in [6.07, 6.45) is 0. The predicted octanol–water partition coefficient (Wildman–Crippen LogP) is -2.43. The van der Waals surface area contributed by atoms with E-state index in [1.807, 2.05) is 0 Å². The van der Waals surface area contributed by atoms with E-state index in [9.17, 15) is 0 Å². The first-order valence-electron chi connectivity index (χ1n) is 0. The molecule has 0 bridgehead atoms. The molecule has 0 fully saturated rings. The Hall–Kier alpha value is 4.24. The Morgan fingerprint density at radius 1 is 0.333 bits per heavy atom. The molecule has 0 saturated heterocycles. The summed E-state index contributed by atoms with van der Waals surface area (Å²) in [7, 11) is 0. The van der Waals surface area contributed by atoms with Crippen molar-refractivity contribution in [2.24, 2.45) is 0 Å². The van der Waals surface area contributed by atoms with E-state index in [4.69, 9.17) is 0 Å². The van der Waals surface area contributed by atoms with Gasteiger partial charge in [-0.05, 0) is 0 Å². The molecule has 48 valence electrons. The van der Waals surface area contributed by atoms with Crippen molar-refractivity contribution in [1.82, 2.24) is 0 Å². The molecule has 0 N–H and O–H groups in total. The molecule has 0 aliphatic heterocycles. The maximum atomic E-state index is 0. The van der Waals surface area contributed by atoms with E-state index < -0.39 is 0 Å². The van der Waals surface area contributed by atoms with Gasteiger partial charge in [-0.1, -0.05) is 0 Å². The molecular formula is H4Nb2O5Sr2. The van der Waals surface area contributed by atoms with Gasteiger partial charge in [0.2, 0.25) is 0 Å². The molecule has 0 aromatic rings. The molecule has 0 aromatic heterocycles.